The number of anilines is 1. The summed E-state index contributed by atoms with van der Waals surface area (Å²) in [6, 6.07) is 5.32. The zero-order chi connectivity index (χ0) is 14.6. The molecule has 0 spiro atoms. The van der Waals surface area contributed by atoms with E-state index in [0.29, 0.717) is 10.7 Å². The molecule has 0 heterocycles. The van der Waals surface area contributed by atoms with Crippen molar-refractivity contribution in [1.29, 1.82) is 0 Å². The van der Waals surface area contributed by atoms with Gasteiger partial charge in [0.1, 0.15) is 0 Å². The van der Waals surface area contributed by atoms with E-state index in [-0.39, 0.29) is 18.7 Å². The van der Waals surface area contributed by atoms with Gasteiger partial charge in [0.25, 0.3) is 0 Å². The summed E-state index contributed by atoms with van der Waals surface area (Å²) in [6.45, 7) is 3.49. The lowest BCUT2D eigenvalue weighted by atomic mass is 9.85. The number of halogens is 2. The van der Waals surface area contributed by atoms with Crippen LogP contribution in [0.15, 0.2) is 18.2 Å². The number of carboxylic acids is 1. The van der Waals surface area contributed by atoms with Crippen molar-refractivity contribution in [2.45, 2.75) is 26.7 Å². The van der Waals surface area contributed by atoms with E-state index in [0.717, 1.165) is 3.57 Å². The van der Waals surface area contributed by atoms with Gasteiger partial charge in [-0.2, -0.15) is 0 Å². The lowest BCUT2D eigenvalue weighted by Crippen LogP contribution is -2.24. The molecule has 0 atom stereocenters. The largest absolute Gasteiger partial charge is 0.481 e. The summed E-state index contributed by atoms with van der Waals surface area (Å²) in [5.41, 5.74) is -0.0469. The lowest BCUT2D eigenvalue weighted by molar-refractivity contribution is -0.139. The molecule has 0 aromatic heterocycles. The molecule has 0 radical (unpaired) electrons. The first-order valence-corrected chi connectivity index (χ1v) is 7.12. The van der Waals surface area contributed by atoms with Crippen LogP contribution in [-0.4, -0.2) is 17.0 Å². The molecule has 0 bridgehead atoms. The Labute approximate surface area is 130 Å². The second kappa shape index (κ2) is 6.56. The molecule has 0 aliphatic heterocycles. The summed E-state index contributed by atoms with van der Waals surface area (Å²) in [5, 5.41) is 12.0. The van der Waals surface area contributed by atoms with Crippen molar-refractivity contribution in [3.63, 3.8) is 0 Å². The number of hydrogen-bond donors (Lipinski definition) is 2. The Morgan fingerprint density at radius 2 is 2.00 bits per heavy atom. The van der Waals surface area contributed by atoms with E-state index in [2.05, 4.69) is 27.9 Å². The molecule has 0 aliphatic carbocycles. The predicted molar refractivity (Wildman–Crippen MR) is 83.4 cm³/mol. The summed E-state index contributed by atoms with van der Waals surface area (Å²) in [4.78, 5) is 22.6. The van der Waals surface area contributed by atoms with Crippen molar-refractivity contribution in [2.75, 3.05) is 5.32 Å². The molecule has 0 fully saturated rings. The Balaban J connectivity index is 2.70. The standard InChI is InChI=1S/C13H15ClINO3/c1-13(2,7-12(18)19)6-11(17)16-10-5-8(15)3-4-9(10)14/h3-5H,6-7H2,1-2H3,(H,16,17)(H,18,19). The number of carboxylic acid groups (broad SMARTS) is 1. The first-order valence-electron chi connectivity index (χ1n) is 5.66. The van der Waals surface area contributed by atoms with E-state index in [1.807, 2.05) is 6.07 Å². The number of rotatable bonds is 5. The number of aliphatic carboxylic acids is 1. The van der Waals surface area contributed by atoms with Crippen LogP contribution in [0.4, 0.5) is 5.69 Å². The highest BCUT2D eigenvalue weighted by Crippen LogP contribution is 2.28. The van der Waals surface area contributed by atoms with Crippen LogP contribution in [0, 0.1) is 8.99 Å². The molecule has 1 rings (SSSR count). The molecule has 0 unspecified atom stereocenters. The number of hydrogen-bond acceptors (Lipinski definition) is 2. The molecule has 0 aliphatic rings. The average molecular weight is 396 g/mol. The highest BCUT2D eigenvalue weighted by atomic mass is 127. The summed E-state index contributed by atoms with van der Waals surface area (Å²) in [6.07, 6.45) is 0.0710. The van der Waals surface area contributed by atoms with Gasteiger partial charge in [-0.1, -0.05) is 25.4 Å². The first kappa shape index (κ1) is 16.2. The molecular weight excluding hydrogens is 381 g/mol. The number of benzene rings is 1. The first-order chi connectivity index (χ1) is 8.69. The van der Waals surface area contributed by atoms with Crippen LogP contribution in [0.5, 0.6) is 0 Å². The Hall–Kier alpha value is -0.820. The summed E-state index contributed by atoms with van der Waals surface area (Å²) in [7, 11) is 0. The van der Waals surface area contributed by atoms with Crippen molar-refractivity contribution < 1.29 is 14.7 Å². The van der Waals surface area contributed by atoms with Gasteiger partial charge in [-0.3, -0.25) is 9.59 Å². The van der Waals surface area contributed by atoms with Crippen molar-refractivity contribution >= 4 is 51.8 Å². The molecule has 0 saturated carbocycles. The van der Waals surface area contributed by atoms with Gasteiger partial charge in [-0.15, -0.1) is 0 Å². The molecular formula is C13H15ClINO3. The number of amides is 1. The van der Waals surface area contributed by atoms with E-state index >= 15 is 0 Å². The van der Waals surface area contributed by atoms with Gasteiger partial charge in [0, 0.05) is 9.99 Å². The third-order valence-electron chi connectivity index (χ3n) is 2.47. The zero-order valence-electron chi connectivity index (χ0n) is 10.7. The van der Waals surface area contributed by atoms with Crippen LogP contribution >= 0.6 is 34.2 Å². The lowest BCUT2D eigenvalue weighted by Gasteiger charge is -2.21. The average Bonchev–Trinajstić information content (AvgIpc) is 2.20. The molecule has 0 saturated heterocycles. The van der Waals surface area contributed by atoms with Gasteiger partial charge >= 0.3 is 5.97 Å². The van der Waals surface area contributed by atoms with E-state index in [9.17, 15) is 9.59 Å². The third kappa shape index (κ3) is 5.78. The number of nitrogens with one attached hydrogen (secondary N) is 1. The Morgan fingerprint density at radius 3 is 2.58 bits per heavy atom. The minimum absolute atomic E-state index is 0.0551. The molecule has 1 aromatic carbocycles. The molecule has 104 valence electrons. The Bertz CT molecular complexity index is 503. The van der Waals surface area contributed by atoms with Crippen LogP contribution in [-0.2, 0) is 9.59 Å². The predicted octanol–water partition coefficient (Wildman–Crippen LogP) is 3.77. The van der Waals surface area contributed by atoms with E-state index in [4.69, 9.17) is 16.7 Å². The summed E-state index contributed by atoms with van der Waals surface area (Å²) < 4.78 is 0.960. The second-order valence-electron chi connectivity index (χ2n) is 5.08. The molecule has 1 aromatic rings. The maximum atomic E-state index is 11.9. The summed E-state index contributed by atoms with van der Waals surface area (Å²) in [5.74, 6) is -1.15. The molecule has 19 heavy (non-hydrogen) atoms. The van der Waals surface area contributed by atoms with Gasteiger partial charge in [0.15, 0.2) is 0 Å². The maximum Gasteiger partial charge on any atom is 0.303 e. The fraction of sp³-hybridized carbons (Fsp3) is 0.385. The smallest absolute Gasteiger partial charge is 0.303 e. The van der Waals surface area contributed by atoms with Crippen molar-refractivity contribution in [1.82, 2.24) is 0 Å². The minimum atomic E-state index is -0.912. The van der Waals surface area contributed by atoms with Crippen molar-refractivity contribution in [3.05, 3.63) is 26.8 Å². The molecule has 6 heteroatoms. The number of carbonyl (C=O) groups excluding carboxylic acids is 1. The minimum Gasteiger partial charge on any atom is -0.481 e. The van der Waals surface area contributed by atoms with Crippen LogP contribution in [0.2, 0.25) is 5.02 Å². The Kier molecular flexibility index (Phi) is 5.61. The van der Waals surface area contributed by atoms with Crippen molar-refractivity contribution in [2.24, 2.45) is 5.41 Å². The highest BCUT2D eigenvalue weighted by molar-refractivity contribution is 14.1. The van der Waals surface area contributed by atoms with E-state index in [1.165, 1.54) is 0 Å². The van der Waals surface area contributed by atoms with Gasteiger partial charge in [-0.05, 0) is 46.2 Å². The maximum absolute atomic E-state index is 11.9. The van der Waals surface area contributed by atoms with Crippen LogP contribution < -0.4 is 5.32 Å². The molecule has 1 amide bonds. The number of carbonyl (C=O) groups is 2. The SMILES string of the molecule is CC(C)(CC(=O)O)CC(=O)Nc1cc(I)ccc1Cl. The van der Waals surface area contributed by atoms with Gasteiger partial charge in [0.05, 0.1) is 17.1 Å². The van der Waals surface area contributed by atoms with Crippen LogP contribution in [0.25, 0.3) is 0 Å². The van der Waals surface area contributed by atoms with Crippen LogP contribution in [0.3, 0.4) is 0 Å². The quantitative estimate of drug-likeness (QED) is 0.746. The monoisotopic (exact) mass is 395 g/mol. The van der Waals surface area contributed by atoms with Gasteiger partial charge < -0.3 is 10.4 Å². The van der Waals surface area contributed by atoms with E-state index < -0.39 is 11.4 Å². The summed E-state index contributed by atoms with van der Waals surface area (Å²) >= 11 is 8.11. The highest BCUT2D eigenvalue weighted by Gasteiger charge is 2.25. The zero-order valence-corrected chi connectivity index (χ0v) is 13.6. The van der Waals surface area contributed by atoms with E-state index in [1.54, 1.807) is 26.0 Å². The van der Waals surface area contributed by atoms with Crippen molar-refractivity contribution in [3.8, 4) is 0 Å². The topological polar surface area (TPSA) is 66.4 Å². The molecule has 2 N–H and O–H groups in total. The van der Waals surface area contributed by atoms with Crippen LogP contribution in [0.1, 0.15) is 26.7 Å². The van der Waals surface area contributed by atoms with Gasteiger partial charge in [-0.25, -0.2) is 0 Å². The molecule has 4 nitrogen and oxygen atoms in total. The normalized spacial score (nSPS) is 11.2. The Morgan fingerprint density at radius 1 is 1.37 bits per heavy atom. The van der Waals surface area contributed by atoms with Gasteiger partial charge in [0.2, 0.25) is 5.91 Å². The second-order valence-corrected chi connectivity index (χ2v) is 6.74. The fourth-order valence-corrected chi connectivity index (χ4v) is 2.35. The third-order valence-corrected chi connectivity index (χ3v) is 3.47. The fourth-order valence-electron chi connectivity index (χ4n) is 1.69.